The maximum atomic E-state index is 11.6. The fraction of sp³-hybridized carbons (Fsp3) is 0.400. The fourth-order valence-electron chi connectivity index (χ4n) is 2.17. The van der Waals surface area contributed by atoms with Gasteiger partial charge in [-0.3, -0.25) is 4.79 Å². The Labute approximate surface area is 132 Å². The summed E-state index contributed by atoms with van der Waals surface area (Å²) in [7, 11) is 0. The number of rotatable bonds is 6. The molecule has 0 fully saturated rings. The summed E-state index contributed by atoms with van der Waals surface area (Å²) in [6, 6.07) is 7.35. The number of benzene rings is 1. The van der Waals surface area contributed by atoms with Gasteiger partial charge in [-0.15, -0.1) is 0 Å². The quantitative estimate of drug-likeness (QED) is 0.867. The normalized spacial score (nSPS) is 12.6. The summed E-state index contributed by atoms with van der Waals surface area (Å²) >= 11 is 3.36. The number of aliphatic carboxylic acids is 1. The van der Waals surface area contributed by atoms with Gasteiger partial charge in [0.15, 0.2) is 0 Å². The highest BCUT2D eigenvalue weighted by Crippen LogP contribution is 2.22. The van der Waals surface area contributed by atoms with E-state index >= 15 is 0 Å². The molecule has 1 aromatic carbocycles. The first-order valence-electron chi connectivity index (χ1n) is 6.82. The van der Waals surface area contributed by atoms with Crippen LogP contribution in [0.25, 0.3) is 0 Å². The molecule has 2 rings (SSSR count). The minimum atomic E-state index is -0.851. The van der Waals surface area contributed by atoms with E-state index in [-0.39, 0.29) is 0 Å². The van der Waals surface area contributed by atoms with E-state index < -0.39 is 11.9 Å². The lowest BCUT2D eigenvalue weighted by molar-refractivity contribution is -0.138. The molecule has 1 aromatic heterocycles. The molecule has 1 atom stereocenters. The number of carboxylic acid groups (broad SMARTS) is 1. The Kier molecular flexibility index (Phi) is 5.12. The zero-order valence-electron chi connectivity index (χ0n) is 12.0. The average Bonchev–Trinajstić information content (AvgIpc) is 2.83. The first-order chi connectivity index (χ1) is 9.97. The van der Waals surface area contributed by atoms with Gasteiger partial charge in [-0.05, 0) is 23.6 Å². The molecule has 0 spiro atoms. The van der Waals surface area contributed by atoms with E-state index in [0.29, 0.717) is 18.2 Å². The van der Waals surface area contributed by atoms with E-state index in [1.807, 2.05) is 24.3 Å². The van der Waals surface area contributed by atoms with Crippen LogP contribution < -0.4 is 0 Å². The second-order valence-corrected chi connectivity index (χ2v) is 6.31. The second kappa shape index (κ2) is 6.85. The molecular weight excluding hydrogens is 334 g/mol. The smallest absolute Gasteiger partial charge is 0.311 e. The molecule has 5 nitrogen and oxygen atoms in total. The summed E-state index contributed by atoms with van der Waals surface area (Å²) < 4.78 is 2.72. The zero-order valence-corrected chi connectivity index (χ0v) is 13.6. The zero-order chi connectivity index (χ0) is 15.4. The SMILES string of the molecule is CC(C)Cn1ncnc1CC(C(=O)O)c1ccc(Br)cc1. The van der Waals surface area contributed by atoms with Crippen molar-refractivity contribution in [1.82, 2.24) is 14.8 Å². The van der Waals surface area contributed by atoms with Crippen molar-refractivity contribution in [3.8, 4) is 0 Å². The van der Waals surface area contributed by atoms with Gasteiger partial charge in [0, 0.05) is 17.4 Å². The molecule has 0 radical (unpaired) electrons. The molecule has 21 heavy (non-hydrogen) atoms. The summed E-state index contributed by atoms with van der Waals surface area (Å²) in [4.78, 5) is 15.8. The van der Waals surface area contributed by atoms with Gasteiger partial charge in [0.2, 0.25) is 0 Å². The molecule has 1 heterocycles. The van der Waals surface area contributed by atoms with E-state index in [0.717, 1.165) is 16.6 Å². The Morgan fingerprint density at radius 1 is 1.33 bits per heavy atom. The summed E-state index contributed by atoms with van der Waals surface area (Å²) in [6.07, 6.45) is 1.82. The Morgan fingerprint density at radius 3 is 2.57 bits per heavy atom. The van der Waals surface area contributed by atoms with Crippen molar-refractivity contribution in [2.24, 2.45) is 5.92 Å². The lowest BCUT2D eigenvalue weighted by Gasteiger charge is -2.14. The Balaban J connectivity index is 2.23. The summed E-state index contributed by atoms with van der Waals surface area (Å²) in [5.41, 5.74) is 0.768. The third-order valence-corrected chi connectivity index (χ3v) is 3.72. The fourth-order valence-corrected chi connectivity index (χ4v) is 2.43. The van der Waals surface area contributed by atoms with Crippen LogP contribution in [-0.2, 0) is 17.8 Å². The largest absolute Gasteiger partial charge is 0.481 e. The van der Waals surface area contributed by atoms with Crippen LogP contribution in [0.3, 0.4) is 0 Å². The number of hydrogen-bond acceptors (Lipinski definition) is 3. The van der Waals surface area contributed by atoms with E-state index in [4.69, 9.17) is 0 Å². The van der Waals surface area contributed by atoms with Gasteiger partial charge in [-0.2, -0.15) is 5.10 Å². The maximum absolute atomic E-state index is 11.6. The summed E-state index contributed by atoms with van der Waals surface area (Å²) in [6.45, 7) is 4.92. The Bertz CT molecular complexity index is 608. The van der Waals surface area contributed by atoms with Crippen LogP contribution in [-0.4, -0.2) is 25.8 Å². The molecule has 6 heteroatoms. The van der Waals surface area contributed by atoms with Crippen LogP contribution in [0.15, 0.2) is 35.1 Å². The third kappa shape index (κ3) is 4.14. The third-order valence-electron chi connectivity index (χ3n) is 3.19. The highest BCUT2D eigenvalue weighted by molar-refractivity contribution is 9.10. The van der Waals surface area contributed by atoms with Crippen molar-refractivity contribution >= 4 is 21.9 Å². The lowest BCUT2D eigenvalue weighted by atomic mass is 9.95. The van der Waals surface area contributed by atoms with E-state index in [9.17, 15) is 9.90 Å². The van der Waals surface area contributed by atoms with E-state index in [2.05, 4.69) is 39.9 Å². The van der Waals surface area contributed by atoms with Crippen LogP contribution in [0.1, 0.15) is 31.2 Å². The van der Waals surface area contributed by atoms with Crippen LogP contribution in [0, 0.1) is 5.92 Å². The van der Waals surface area contributed by atoms with E-state index in [1.165, 1.54) is 6.33 Å². The first-order valence-corrected chi connectivity index (χ1v) is 7.61. The molecule has 2 aromatic rings. The van der Waals surface area contributed by atoms with Crippen LogP contribution in [0.4, 0.5) is 0 Å². The first kappa shape index (κ1) is 15.7. The van der Waals surface area contributed by atoms with Gasteiger partial charge in [0.05, 0.1) is 5.92 Å². The van der Waals surface area contributed by atoms with Gasteiger partial charge in [0.25, 0.3) is 0 Å². The standard InChI is InChI=1S/C15H18BrN3O2/c1-10(2)8-19-14(17-9-18-19)7-13(15(20)21)11-3-5-12(16)6-4-11/h3-6,9-10,13H,7-8H2,1-2H3,(H,20,21). The topological polar surface area (TPSA) is 68.0 Å². The molecule has 0 aliphatic carbocycles. The second-order valence-electron chi connectivity index (χ2n) is 5.40. The monoisotopic (exact) mass is 351 g/mol. The molecule has 112 valence electrons. The Morgan fingerprint density at radius 2 is 2.00 bits per heavy atom. The number of halogens is 1. The molecule has 0 saturated carbocycles. The minimum absolute atomic E-state index is 0.337. The van der Waals surface area contributed by atoms with Crippen molar-refractivity contribution < 1.29 is 9.90 Å². The molecular formula is C15H18BrN3O2. The molecule has 0 aliphatic heterocycles. The summed E-state index contributed by atoms with van der Waals surface area (Å²) in [5, 5.41) is 13.7. The number of nitrogens with zero attached hydrogens (tertiary/aromatic N) is 3. The molecule has 1 N–H and O–H groups in total. The number of hydrogen-bond donors (Lipinski definition) is 1. The molecule has 0 amide bonds. The molecule has 0 aliphatic rings. The Hall–Kier alpha value is -1.69. The van der Waals surface area contributed by atoms with Gasteiger partial charge in [-0.1, -0.05) is 41.9 Å². The number of carbonyl (C=O) groups is 1. The molecule has 1 unspecified atom stereocenters. The summed E-state index contributed by atoms with van der Waals surface area (Å²) in [5.74, 6) is -0.329. The van der Waals surface area contributed by atoms with Crippen LogP contribution >= 0.6 is 15.9 Å². The van der Waals surface area contributed by atoms with Gasteiger partial charge in [0.1, 0.15) is 12.2 Å². The van der Waals surface area contributed by atoms with Gasteiger partial charge < -0.3 is 5.11 Å². The highest BCUT2D eigenvalue weighted by atomic mass is 79.9. The maximum Gasteiger partial charge on any atom is 0.311 e. The van der Waals surface area contributed by atoms with Gasteiger partial charge >= 0.3 is 5.97 Å². The molecule has 0 saturated heterocycles. The number of carboxylic acids is 1. The highest BCUT2D eigenvalue weighted by Gasteiger charge is 2.23. The van der Waals surface area contributed by atoms with Crippen LogP contribution in [0.2, 0.25) is 0 Å². The van der Waals surface area contributed by atoms with E-state index in [1.54, 1.807) is 4.68 Å². The number of aromatic nitrogens is 3. The predicted octanol–water partition coefficient (Wildman–Crippen LogP) is 3.11. The van der Waals surface area contributed by atoms with Crippen molar-refractivity contribution in [2.45, 2.75) is 32.7 Å². The average molecular weight is 352 g/mol. The molecule has 0 bridgehead atoms. The van der Waals surface area contributed by atoms with Crippen molar-refractivity contribution in [3.63, 3.8) is 0 Å². The predicted molar refractivity (Wildman–Crippen MR) is 83.1 cm³/mol. The van der Waals surface area contributed by atoms with Gasteiger partial charge in [-0.25, -0.2) is 9.67 Å². The van der Waals surface area contributed by atoms with Crippen LogP contribution in [0.5, 0.6) is 0 Å². The van der Waals surface area contributed by atoms with Crippen molar-refractivity contribution in [1.29, 1.82) is 0 Å². The minimum Gasteiger partial charge on any atom is -0.481 e. The van der Waals surface area contributed by atoms with Crippen molar-refractivity contribution in [2.75, 3.05) is 0 Å². The van der Waals surface area contributed by atoms with Crippen molar-refractivity contribution in [3.05, 3.63) is 46.5 Å². The lowest BCUT2D eigenvalue weighted by Crippen LogP contribution is -2.18.